The van der Waals surface area contributed by atoms with Gasteiger partial charge in [-0.25, -0.2) is 4.39 Å². The van der Waals surface area contributed by atoms with Crippen LogP contribution in [0.15, 0.2) is 36.4 Å². The number of fused-ring (bicyclic) bond motifs is 1. The van der Waals surface area contributed by atoms with Crippen LogP contribution in [-0.4, -0.2) is 37.7 Å². The summed E-state index contributed by atoms with van der Waals surface area (Å²) in [5.74, 6) is 0.861. The average Bonchev–Trinajstić information content (AvgIpc) is 3.16. The van der Waals surface area contributed by atoms with E-state index in [1.165, 1.54) is 19.2 Å². The van der Waals surface area contributed by atoms with Gasteiger partial charge in [0.15, 0.2) is 23.1 Å². The Morgan fingerprint density at radius 2 is 1.96 bits per heavy atom. The average molecular weight is 357 g/mol. The molecule has 2 aromatic rings. The number of ether oxygens (including phenoxy) is 3. The number of carbonyl (C=O) groups excluding carboxylic acids is 1. The first-order valence-corrected chi connectivity index (χ1v) is 8.71. The first-order valence-electron chi connectivity index (χ1n) is 8.71. The number of nitrogens with zero attached hydrogens (tertiary/aromatic N) is 1. The summed E-state index contributed by atoms with van der Waals surface area (Å²) in [5, 5.41) is 0. The van der Waals surface area contributed by atoms with Gasteiger partial charge < -0.3 is 19.1 Å². The Labute approximate surface area is 151 Å². The first-order chi connectivity index (χ1) is 12.7. The lowest BCUT2D eigenvalue weighted by Crippen LogP contribution is -2.30. The van der Waals surface area contributed by atoms with Crippen molar-refractivity contribution in [3.8, 4) is 17.2 Å². The van der Waals surface area contributed by atoms with Gasteiger partial charge in [0, 0.05) is 12.1 Å². The van der Waals surface area contributed by atoms with Crippen LogP contribution in [0, 0.1) is 5.82 Å². The van der Waals surface area contributed by atoms with Gasteiger partial charge in [0.1, 0.15) is 13.2 Å². The molecule has 4 rings (SSSR count). The van der Waals surface area contributed by atoms with Gasteiger partial charge in [-0.3, -0.25) is 4.79 Å². The molecule has 0 radical (unpaired) electrons. The zero-order valence-corrected chi connectivity index (χ0v) is 14.5. The van der Waals surface area contributed by atoms with E-state index in [0.717, 1.165) is 24.2 Å². The van der Waals surface area contributed by atoms with Crippen LogP contribution in [0.5, 0.6) is 17.2 Å². The molecule has 1 atom stereocenters. The van der Waals surface area contributed by atoms with Crippen LogP contribution in [-0.2, 0) is 0 Å². The van der Waals surface area contributed by atoms with Gasteiger partial charge in [-0.05, 0) is 48.7 Å². The Morgan fingerprint density at radius 3 is 2.73 bits per heavy atom. The number of amides is 1. The third-order valence-corrected chi connectivity index (χ3v) is 4.86. The second-order valence-electron chi connectivity index (χ2n) is 6.41. The fourth-order valence-corrected chi connectivity index (χ4v) is 3.59. The van der Waals surface area contributed by atoms with Crippen molar-refractivity contribution in [1.29, 1.82) is 0 Å². The number of benzene rings is 2. The molecule has 1 saturated heterocycles. The van der Waals surface area contributed by atoms with Gasteiger partial charge >= 0.3 is 0 Å². The van der Waals surface area contributed by atoms with E-state index in [1.807, 2.05) is 18.2 Å². The van der Waals surface area contributed by atoms with Crippen molar-refractivity contribution in [2.45, 2.75) is 18.9 Å². The largest absolute Gasteiger partial charge is 0.494 e. The summed E-state index contributed by atoms with van der Waals surface area (Å²) in [6, 6.07) is 10.1. The molecule has 0 aliphatic carbocycles. The summed E-state index contributed by atoms with van der Waals surface area (Å²) >= 11 is 0. The van der Waals surface area contributed by atoms with Crippen molar-refractivity contribution in [2.24, 2.45) is 0 Å². The molecular weight excluding hydrogens is 337 g/mol. The second-order valence-corrected chi connectivity index (χ2v) is 6.41. The fraction of sp³-hybridized carbons (Fsp3) is 0.350. The lowest BCUT2D eigenvalue weighted by molar-refractivity contribution is 0.0734. The predicted octanol–water partition coefficient (Wildman–Crippen LogP) is 3.58. The lowest BCUT2D eigenvalue weighted by atomic mass is 10.0. The van der Waals surface area contributed by atoms with Crippen molar-refractivity contribution in [1.82, 2.24) is 4.90 Å². The smallest absolute Gasteiger partial charge is 0.254 e. The van der Waals surface area contributed by atoms with Crippen LogP contribution < -0.4 is 14.2 Å². The van der Waals surface area contributed by atoms with Gasteiger partial charge in [0.2, 0.25) is 0 Å². The quantitative estimate of drug-likeness (QED) is 0.842. The lowest BCUT2D eigenvalue weighted by Gasteiger charge is -2.27. The monoisotopic (exact) mass is 357 g/mol. The third-order valence-electron chi connectivity index (χ3n) is 4.86. The zero-order valence-electron chi connectivity index (χ0n) is 14.5. The number of hydrogen-bond acceptors (Lipinski definition) is 4. The fourth-order valence-electron chi connectivity index (χ4n) is 3.59. The zero-order chi connectivity index (χ0) is 18.1. The molecule has 2 aliphatic heterocycles. The van der Waals surface area contributed by atoms with Crippen LogP contribution in [0.1, 0.15) is 34.8 Å². The van der Waals surface area contributed by atoms with E-state index in [4.69, 9.17) is 14.2 Å². The highest BCUT2D eigenvalue weighted by molar-refractivity contribution is 5.94. The summed E-state index contributed by atoms with van der Waals surface area (Å²) in [6.07, 6.45) is 1.77. The standard InChI is InChI=1S/C20H20FNO4/c1-24-17-6-5-14(11-15(17)21)20(23)22-8-2-3-16(22)13-4-7-18-19(12-13)26-10-9-25-18/h4-7,11-12,16H,2-3,8-10H2,1H3/t16-/m1/s1. The van der Waals surface area contributed by atoms with Crippen molar-refractivity contribution in [3.63, 3.8) is 0 Å². The van der Waals surface area contributed by atoms with Gasteiger partial charge in [0.05, 0.1) is 13.2 Å². The molecule has 0 aromatic heterocycles. The number of rotatable bonds is 3. The van der Waals surface area contributed by atoms with Crippen LogP contribution >= 0.6 is 0 Å². The van der Waals surface area contributed by atoms with E-state index in [2.05, 4.69) is 0 Å². The summed E-state index contributed by atoms with van der Waals surface area (Å²) in [5.41, 5.74) is 1.34. The van der Waals surface area contributed by atoms with E-state index < -0.39 is 5.82 Å². The van der Waals surface area contributed by atoms with Crippen LogP contribution in [0.25, 0.3) is 0 Å². The Bertz CT molecular complexity index is 839. The summed E-state index contributed by atoms with van der Waals surface area (Å²) in [7, 11) is 1.40. The normalized spacial score (nSPS) is 18.7. The highest BCUT2D eigenvalue weighted by Gasteiger charge is 2.31. The molecule has 2 heterocycles. The topological polar surface area (TPSA) is 48.0 Å². The third kappa shape index (κ3) is 2.96. The minimum Gasteiger partial charge on any atom is -0.494 e. The predicted molar refractivity (Wildman–Crippen MR) is 93.4 cm³/mol. The van der Waals surface area contributed by atoms with E-state index in [9.17, 15) is 9.18 Å². The summed E-state index contributed by atoms with van der Waals surface area (Å²) < 4.78 is 30.1. The van der Waals surface area contributed by atoms with Gasteiger partial charge in [-0.2, -0.15) is 0 Å². The molecule has 0 spiro atoms. The molecule has 0 bridgehead atoms. The minimum absolute atomic E-state index is 0.0523. The van der Waals surface area contributed by atoms with E-state index >= 15 is 0 Å². The molecule has 0 N–H and O–H groups in total. The van der Waals surface area contributed by atoms with Gasteiger partial charge in [-0.15, -0.1) is 0 Å². The van der Waals surface area contributed by atoms with Crippen molar-refractivity contribution in [2.75, 3.05) is 26.9 Å². The number of halogens is 1. The second kappa shape index (κ2) is 6.86. The van der Waals surface area contributed by atoms with Crippen LogP contribution in [0.4, 0.5) is 4.39 Å². The maximum Gasteiger partial charge on any atom is 0.254 e. The molecule has 0 unspecified atom stereocenters. The molecule has 0 saturated carbocycles. The molecule has 26 heavy (non-hydrogen) atoms. The number of methoxy groups -OCH3 is 1. The molecule has 6 heteroatoms. The Hall–Kier alpha value is -2.76. The summed E-state index contributed by atoms with van der Waals surface area (Å²) in [4.78, 5) is 14.7. The maximum atomic E-state index is 14.0. The van der Waals surface area contributed by atoms with Crippen molar-refractivity contribution in [3.05, 3.63) is 53.3 Å². The van der Waals surface area contributed by atoms with Crippen molar-refractivity contribution < 1.29 is 23.4 Å². The molecule has 136 valence electrons. The Kier molecular flexibility index (Phi) is 4.41. The molecule has 2 aromatic carbocycles. The minimum atomic E-state index is -0.534. The molecular formula is C20H20FNO4. The van der Waals surface area contributed by atoms with E-state index in [1.54, 1.807) is 11.0 Å². The highest BCUT2D eigenvalue weighted by Crippen LogP contribution is 2.38. The maximum absolute atomic E-state index is 14.0. The molecule has 1 amide bonds. The van der Waals surface area contributed by atoms with E-state index in [0.29, 0.717) is 31.1 Å². The van der Waals surface area contributed by atoms with Crippen molar-refractivity contribution >= 4 is 5.91 Å². The molecule has 5 nitrogen and oxygen atoms in total. The van der Waals surface area contributed by atoms with Crippen LogP contribution in [0.2, 0.25) is 0 Å². The number of carbonyl (C=O) groups is 1. The SMILES string of the molecule is COc1ccc(C(=O)N2CCC[C@@H]2c2ccc3c(c2)OCCO3)cc1F. The van der Waals surface area contributed by atoms with Crippen LogP contribution in [0.3, 0.4) is 0 Å². The first kappa shape index (κ1) is 16.7. The molecule has 2 aliphatic rings. The summed E-state index contributed by atoms with van der Waals surface area (Å²) in [6.45, 7) is 1.71. The highest BCUT2D eigenvalue weighted by atomic mass is 19.1. The van der Waals surface area contributed by atoms with E-state index in [-0.39, 0.29) is 17.7 Å². The Balaban J connectivity index is 1.60. The molecule has 1 fully saturated rings. The van der Waals surface area contributed by atoms with Gasteiger partial charge in [0.25, 0.3) is 5.91 Å². The van der Waals surface area contributed by atoms with Gasteiger partial charge in [-0.1, -0.05) is 6.07 Å². The number of hydrogen-bond donors (Lipinski definition) is 0. The number of likely N-dealkylation sites (tertiary alicyclic amines) is 1. The Morgan fingerprint density at radius 1 is 1.15 bits per heavy atom.